The Morgan fingerprint density at radius 1 is 1.55 bits per heavy atom. The van der Waals surface area contributed by atoms with E-state index in [1.165, 1.54) is 6.07 Å². The summed E-state index contributed by atoms with van der Waals surface area (Å²) in [4.78, 5) is 11.5. The molecule has 0 bridgehead atoms. The first-order valence-electron chi connectivity index (χ1n) is 6.01. The number of thiophene rings is 1. The average molecular weight is 291 g/mol. The van der Waals surface area contributed by atoms with Crippen molar-refractivity contribution in [2.75, 3.05) is 0 Å². The van der Waals surface area contributed by atoms with Crippen LogP contribution in [0.3, 0.4) is 0 Å². The van der Waals surface area contributed by atoms with E-state index in [-0.39, 0.29) is 11.4 Å². The number of carboxylic acid groups (broad SMARTS) is 1. The van der Waals surface area contributed by atoms with Crippen LogP contribution in [-0.4, -0.2) is 16.6 Å². The third-order valence-electron chi connectivity index (χ3n) is 3.03. The monoisotopic (exact) mass is 291 g/mol. The molecule has 1 aromatic heterocycles. The number of carbonyl (C=O) groups is 1. The molecule has 20 heavy (non-hydrogen) atoms. The van der Waals surface area contributed by atoms with Gasteiger partial charge in [0.25, 0.3) is 0 Å². The SMILES string of the molecule is C#CC(C)(C)NCc1c(C(=O)O)sc2cccc(F)c12. The Labute approximate surface area is 120 Å². The minimum atomic E-state index is -1.05. The van der Waals surface area contributed by atoms with E-state index < -0.39 is 17.3 Å². The maximum atomic E-state index is 14.0. The second kappa shape index (κ2) is 5.23. The van der Waals surface area contributed by atoms with Crippen LogP contribution in [-0.2, 0) is 6.54 Å². The summed E-state index contributed by atoms with van der Waals surface area (Å²) in [5.74, 6) is 1.10. The fourth-order valence-corrected chi connectivity index (χ4v) is 2.94. The molecular formula is C15H14FNO2S. The van der Waals surface area contributed by atoms with Gasteiger partial charge in [-0.15, -0.1) is 17.8 Å². The highest BCUT2D eigenvalue weighted by atomic mass is 32.1. The lowest BCUT2D eigenvalue weighted by Gasteiger charge is -2.19. The first kappa shape index (κ1) is 14.5. The highest BCUT2D eigenvalue weighted by Gasteiger charge is 2.22. The summed E-state index contributed by atoms with van der Waals surface area (Å²) in [5.41, 5.74) is -0.145. The average Bonchev–Trinajstić information content (AvgIpc) is 2.77. The smallest absolute Gasteiger partial charge is 0.346 e. The second-order valence-electron chi connectivity index (χ2n) is 4.95. The van der Waals surface area contributed by atoms with Crippen LogP contribution in [0, 0.1) is 18.2 Å². The van der Waals surface area contributed by atoms with Gasteiger partial charge in [-0.05, 0) is 26.0 Å². The zero-order valence-corrected chi connectivity index (χ0v) is 12.0. The van der Waals surface area contributed by atoms with Crippen molar-refractivity contribution in [2.45, 2.75) is 25.9 Å². The minimum absolute atomic E-state index is 0.144. The number of nitrogens with one attached hydrogen (secondary N) is 1. The number of benzene rings is 1. The lowest BCUT2D eigenvalue weighted by atomic mass is 10.0. The zero-order chi connectivity index (χ0) is 14.9. The van der Waals surface area contributed by atoms with Gasteiger partial charge in [-0.3, -0.25) is 5.32 Å². The van der Waals surface area contributed by atoms with Gasteiger partial charge >= 0.3 is 5.97 Å². The summed E-state index contributed by atoms with van der Waals surface area (Å²) in [6.07, 6.45) is 5.39. The number of terminal acetylenes is 1. The van der Waals surface area contributed by atoms with Gasteiger partial charge in [0.1, 0.15) is 10.7 Å². The summed E-state index contributed by atoms with van der Waals surface area (Å²) in [7, 11) is 0. The van der Waals surface area contributed by atoms with Gasteiger partial charge in [0.15, 0.2) is 0 Å². The Balaban J connectivity index is 2.52. The Morgan fingerprint density at radius 2 is 2.25 bits per heavy atom. The van der Waals surface area contributed by atoms with E-state index >= 15 is 0 Å². The first-order chi connectivity index (χ1) is 9.35. The Bertz CT molecular complexity index is 712. The predicted molar refractivity (Wildman–Crippen MR) is 78.5 cm³/mol. The topological polar surface area (TPSA) is 49.3 Å². The number of aromatic carboxylic acids is 1. The summed E-state index contributed by atoms with van der Waals surface area (Å²) in [5, 5.41) is 12.7. The molecule has 1 heterocycles. The lowest BCUT2D eigenvalue weighted by Crippen LogP contribution is -2.37. The Morgan fingerprint density at radius 3 is 2.85 bits per heavy atom. The molecule has 0 atom stereocenters. The van der Waals surface area contributed by atoms with E-state index in [1.54, 1.807) is 26.0 Å². The Hall–Kier alpha value is -1.90. The van der Waals surface area contributed by atoms with Crippen molar-refractivity contribution in [1.29, 1.82) is 0 Å². The van der Waals surface area contributed by atoms with E-state index in [0.29, 0.717) is 15.6 Å². The molecule has 0 fully saturated rings. The molecule has 0 saturated carbocycles. The minimum Gasteiger partial charge on any atom is -0.477 e. The molecule has 0 spiro atoms. The van der Waals surface area contributed by atoms with Crippen molar-refractivity contribution in [3.8, 4) is 12.3 Å². The number of halogens is 1. The first-order valence-corrected chi connectivity index (χ1v) is 6.83. The van der Waals surface area contributed by atoms with Gasteiger partial charge in [-0.25, -0.2) is 9.18 Å². The molecule has 0 aliphatic rings. The van der Waals surface area contributed by atoms with Crippen LogP contribution in [0.1, 0.15) is 29.1 Å². The van der Waals surface area contributed by atoms with Gasteiger partial charge in [-0.1, -0.05) is 12.0 Å². The molecule has 2 rings (SSSR count). The van der Waals surface area contributed by atoms with Crippen LogP contribution < -0.4 is 5.32 Å². The summed E-state index contributed by atoms with van der Waals surface area (Å²) in [6, 6.07) is 4.62. The molecule has 3 nitrogen and oxygen atoms in total. The van der Waals surface area contributed by atoms with Crippen LogP contribution in [0.2, 0.25) is 0 Å². The fourth-order valence-electron chi connectivity index (χ4n) is 1.87. The highest BCUT2D eigenvalue weighted by Crippen LogP contribution is 2.33. The van der Waals surface area contributed by atoms with E-state index in [2.05, 4.69) is 11.2 Å². The number of rotatable bonds is 4. The van der Waals surface area contributed by atoms with Crippen molar-refractivity contribution < 1.29 is 14.3 Å². The van der Waals surface area contributed by atoms with Gasteiger partial charge in [-0.2, -0.15) is 0 Å². The van der Waals surface area contributed by atoms with Crippen molar-refractivity contribution in [3.63, 3.8) is 0 Å². The molecule has 104 valence electrons. The van der Waals surface area contributed by atoms with E-state index in [0.717, 1.165) is 11.3 Å². The molecular weight excluding hydrogens is 277 g/mol. The summed E-state index contributed by atoms with van der Waals surface area (Å²) in [6.45, 7) is 3.82. The molecule has 0 radical (unpaired) electrons. The second-order valence-corrected chi connectivity index (χ2v) is 6.00. The van der Waals surface area contributed by atoms with Crippen molar-refractivity contribution in [1.82, 2.24) is 5.32 Å². The van der Waals surface area contributed by atoms with E-state index in [9.17, 15) is 14.3 Å². The van der Waals surface area contributed by atoms with Crippen LogP contribution in [0.15, 0.2) is 18.2 Å². The molecule has 2 N–H and O–H groups in total. The number of carboxylic acids is 1. The van der Waals surface area contributed by atoms with Crippen LogP contribution in [0.25, 0.3) is 10.1 Å². The summed E-state index contributed by atoms with van der Waals surface area (Å²) >= 11 is 1.07. The number of hydrogen-bond acceptors (Lipinski definition) is 3. The van der Waals surface area contributed by atoms with E-state index in [1.807, 2.05) is 0 Å². The van der Waals surface area contributed by atoms with Gasteiger partial charge in [0.2, 0.25) is 0 Å². The standard InChI is InChI=1S/C15H14FNO2S/c1-4-15(2,3)17-8-9-12-10(16)6-5-7-11(12)20-13(9)14(18)19/h1,5-7,17H,8H2,2-3H3,(H,18,19). The molecule has 0 aliphatic carbocycles. The van der Waals surface area contributed by atoms with Crippen LogP contribution in [0.5, 0.6) is 0 Å². The number of hydrogen-bond donors (Lipinski definition) is 2. The maximum absolute atomic E-state index is 14.0. The molecule has 0 saturated heterocycles. The van der Waals surface area contributed by atoms with Crippen molar-refractivity contribution >= 4 is 27.4 Å². The van der Waals surface area contributed by atoms with Gasteiger partial charge in [0.05, 0.1) is 5.54 Å². The predicted octanol–water partition coefficient (Wildman–Crippen LogP) is 3.24. The largest absolute Gasteiger partial charge is 0.477 e. The third kappa shape index (κ3) is 2.67. The fraction of sp³-hybridized carbons (Fsp3) is 0.267. The molecule has 0 amide bonds. The van der Waals surface area contributed by atoms with Crippen molar-refractivity contribution in [2.24, 2.45) is 0 Å². The highest BCUT2D eigenvalue weighted by molar-refractivity contribution is 7.21. The summed E-state index contributed by atoms with van der Waals surface area (Å²) < 4.78 is 14.6. The maximum Gasteiger partial charge on any atom is 0.346 e. The van der Waals surface area contributed by atoms with Crippen molar-refractivity contribution in [3.05, 3.63) is 34.5 Å². The van der Waals surface area contributed by atoms with Crippen LogP contribution >= 0.6 is 11.3 Å². The zero-order valence-electron chi connectivity index (χ0n) is 11.2. The van der Waals surface area contributed by atoms with Gasteiger partial charge in [0, 0.05) is 22.2 Å². The molecule has 2 aromatic rings. The van der Waals surface area contributed by atoms with E-state index in [4.69, 9.17) is 6.42 Å². The quantitative estimate of drug-likeness (QED) is 0.850. The molecule has 0 unspecified atom stereocenters. The normalized spacial score (nSPS) is 11.5. The molecule has 5 heteroatoms. The Kier molecular flexibility index (Phi) is 3.80. The lowest BCUT2D eigenvalue weighted by molar-refractivity contribution is 0.0701. The van der Waals surface area contributed by atoms with Crippen LogP contribution in [0.4, 0.5) is 4.39 Å². The molecule has 1 aromatic carbocycles. The van der Waals surface area contributed by atoms with Gasteiger partial charge < -0.3 is 5.11 Å². The molecule has 0 aliphatic heterocycles. The number of fused-ring (bicyclic) bond motifs is 1. The third-order valence-corrected chi connectivity index (χ3v) is 4.21.